The second-order valence-electron chi connectivity index (χ2n) is 9.59. The maximum Gasteiger partial charge on any atom is 0.253 e. The van der Waals surface area contributed by atoms with Crippen LogP contribution in [-0.4, -0.2) is 59.0 Å². The predicted octanol–water partition coefficient (Wildman–Crippen LogP) is 5.04. The van der Waals surface area contributed by atoms with Gasteiger partial charge in [0, 0.05) is 48.9 Å². The molecule has 2 aliphatic rings. The highest BCUT2D eigenvalue weighted by Crippen LogP contribution is 2.29. The normalized spacial score (nSPS) is 22.3. The van der Waals surface area contributed by atoms with Crippen LogP contribution >= 0.6 is 23.2 Å². The minimum atomic E-state index is 0.112. The number of aromatic nitrogens is 1. The molecule has 1 amide bonds. The van der Waals surface area contributed by atoms with Gasteiger partial charge in [-0.25, -0.2) is 0 Å². The number of halogens is 2. The average Bonchev–Trinajstić information content (AvgIpc) is 2.87. The van der Waals surface area contributed by atoms with Crippen LogP contribution in [0.3, 0.4) is 0 Å². The summed E-state index contributed by atoms with van der Waals surface area (Å²) in [6.45, 7) is 3.53. The molecule has 3 aromatic rings. The fraction of sp³-hybridized carbons (Fsp3) is 0.407. The molecule has 1 unspecified atom stereocenters. The predicted molar refractivity (Wildman–Crippen MR) is 138 cm³/mol. The van der Waals surface area contributed by atoms with Gasteiger partial charge in [0.2, 0.25) is 0 Å². The third-order valence-electron chi connectivity index (χ3n) is 7.44. The maximum absolute atomic E-state index is 13.1. The second kappa shape index (κ2) is 10.2. The van der Waals surface area contributed by atoms with Crippen LogP contribution in [0, 0.1) is 5.92 Å². The van der Waals surface area contributed by atoms with Crippen molar-refractivity contribution in [2.24, 2.45) is 11.7 Å². The first-order valence-electron chi connectivity index (χ1n) is 12.1. The Morgan fingerprint density at radius 1 is 1.00 bits per heavy atom. The van der Waals surface area contributed by atoms with Crippen LogP contribution in [-0.2, 0) is 6.42 Å². The van der Waals surface area contributed by atoms with Gasteiger partial charge in [-0.15, -0.1) is 0 Å². The summed E-state index contributed by atoms with van der Waals surface area (Å²) in [4.78, 5) is 22.0. The van der Waals surface area contributed by atoms with Crippen LogP contribution in [0.1, 0.15) is 35.2 Å². The Bertz CT molecular complexity index is 1180. The molecule has 34 heavy (non-hydrogen) atoms. The average molecular weight is 497 g/mol. The molecule has 1 aromatic heterocycles. The molecule has 5 rings (SSSR count). The van der Waals surface area contributed by atoms with Crippen molar-refractivity contribution in [3.8, 4) is 0 Å². The molecule has 2 aliphatic heterocycles. The minimum Gasteiger partial charge on any atom is -0.339 e. The number of amides is 1. The van der Waals surface area contributed by atoms with Gasteiger partial charge in [0.25, 0.3) is 5.91 Å². The molecule has 2 fully saturated rings. The molecular weight excluding hydrogens is 467 g/mol. The van der Waals surface area contributed by atoms with Gasteiger partial charge >= 0.3 is 0 Å². The summed E-state index contributed by atoms with van der Waals surface area (Å²) in [6.07, 6.45) is 5.76. The lowest BCUT2D eigenvalue weighted by Crippen LogP contribution is -2.55. The summed E-state index contributed by atoms with van der Waals surface area (Å²) in [5, 5.41) is 2.19. The Balaban J connectivity index is 1.14. The number of fused-ring (bicyclic) bond motifs is 1. The van der Waals surface area contributed by atoms with E-state index in [9.17, 15) is 4.79 Å². The van der Waals surface area contributed by atoms with E-state index in [1.54, 1.807) is 6.20 Å². The van der Waals surface area contributed by atoms with Crippen molar-refractivity contribution in [1.29, 1.82) is 0 Å². The molecule has 0 spiro atoms. The number of rotatable bonds is 4. The Labute approximate surface area is 210 Å². The lowest BCUT2D eigenvalue weighted by molar-refractivity contribution is 0.0516. The lowest BCUT2D eigenvalue weighted by atomic mass is 9.85. The third kappa shape index (κ3) is 5.08. The van der Waals surface area contributed by atoms with Gasteiger partial charge in [0.05, 0.1) is 15.6 Å². The topological polar surface area (TPSA) is 62.5 Å². The molecule has 2 N–H and O–H groups in total. The Hall–Kier alpha value is -2.18. The van der Waals surface area contributed by atoms with Crippen molar-refractivity contribution in [3.63, 3.8) is 0 Å². The Kier molecular flexibility index (Phi) is 7.07. The monoisotopic (exact) mass is 496 g/mol. The van der Waals surface area contributed by atoms with Crippen LogP contribution < -0.4 is 5.73 Å². The highest BCUT2D eigenvalue weighted by atomic mass is 35.5. The quantitative estimate of drug-likeness (QED) is 0.549. The first-order chi connectivity index (χ1) is 16.5. The number of piperidine rings is 2. The number of likely N-dealkylation sites (tertiary alicyclic amines) is 2. The SMILES string of the molecule is N[C@@H]1CN(C2CCN(C(=O)c3ccc4ncccc4c3)CC2)CCC1Cc1ccc(Cl)c(Cl)c1. The van der Waals surface area contributed by atoms with Crippen LogP contribution in [0.4, 0.5) is 0 Å². The summed E-state index contributed by atoms with van der Waals surface area (Å²) >= 11 is 12.2. The number of carbonyl (C=O) groups excluding carboxylic acids is 1. The summed E-state index contributed by atoms with van der Waals surface area (Å²) < 4.78 is 0. The van der Waals surface area contributed by atoms with Crippen molar-refractivity contribution in [3.05, 3.63) is 75.9 Å². The summed E-state index contributed by atoms with van der Waals surface area (Å²) in [5.41, 5.74) is 9.47. The van der Waals surface area contributed by atoms with E-state index >= 15 is 0 Å². The van der Waals surface area contributed by atoms with Gasteiger partial charge < -0.3 is 10.6 Å². The van der Waals surface area contributed by atoms with E-state index in [1.165, 1.54) is 5.56 Å². The van der Waals surface area contributed by atoms with Gasteiger partial charge in [-0.05, 0) is 80.1 Å². The van der Waals surface area contributed by atoms with Crippen LogP contribution in [0.2, 0.25) is 10.0 Å². The number of benzene rings is 2. The van der Waals surface area contributed by atoms with Gasteiger partial charge in [-0.1, -0.05) is 35.3 Å². The van der Waals surface area contributed by atoms with Crippen molar-refractivity contribution >= 4 is 40.0 Å². The van der Waals surface area contributed by atoms with Crippen LogP contribution in [0.25, 0.3) is 10.9 Å². The fourth-order valence-corrected chi connectivity index (χ4v) is 5.76. The summed E-state index contributed by atoms with van der Waals surface area (Å²) in [7, 11) is 0. The molecule has 2 aromatic carbocycles. The third-order valence-corrected chi connectivity index (χ3v) is 8.18. The van der Waals surface area contributed by atoms with Crippen molar-refractivity contribution in [2.45, 2.75) is 37.8 Å². The second-order valence-corrected chi connectivity index (χ2v) is 10.4. The van der Waals surface area contributed by atoms with E-state index in [4.69, 9.17) is 28.9 Å². The first kappa shape index (κ1) is 23.6. The van der Waals surface area contributed by atoms with E-state index in [1.807, 2.05) is 53.4 Å². The molecule has 2 atom stereocenters. The summed E-state index contributed by atoms with van der Waals surface area (Å²) in [5.74, 6) is 0.554. The maximum atomic E-state index is 13.1. The minimum absolute atomic E-state index is 0.112. The number of hydrogen-bond donors (Lipinski definition) is 1. The van der Waals surface area contributed by atoms with Gasteiger partial charge in [-0.3, -0.25) is 14.7 Å². The molecule has 0 saturated carbocycles. The van der Waals surface area contributed by atoms with Gasteiger partial charge in [-0.2, -0.15) is 0 Å². The molecule has 7 heteroatoms. The van der Waals surface area contributed by atoms with Crippen molar-refractivity contribution < 1.29 is 4.79 Å². The molecular formula is C27H30Cl2N4O. The Morgan fingerprint density at radius 2 is 1.82 bits per heavy atom. The number of carbonyl (C=O) groups is 1. The Morgan fingerprint density at radius 3 is 2.59 bits per heavy atom. The van der Waals surface area contributed by atoms with E-state index in [0.717, 1.165) is 68.3 Å². The molecule has 0 aliphatic carbocycles. The fourth-order valence-electron chi connectivity index (χ4n) is 5.44. The van der Waals surface area contributed by atoms with E-state index in [2.05, 4.69) is 9.88 Å². The smallest absolute Gasteiger partial charge is 0.253 e. The number of pyridine rings is 1. The van der Waals surface area contributed by atoms with E-state index in [0.29, 0.717) is 22.0 Å². The number of nitrogens with zero attached hydrogens (tertiary/aromatic N) is 3. The zero-order chi connectivity index (χ0) is 23.7. The largest absolute Gasteiger partial charge is 0.339 e. The zero-order valence-corrected chi connectivity index (χ0v) is 20.7. The highest BCUT2D eigenvalue weighted by Gasteiger charge is 2.33. The molecule has 2 saturated heterocycles. The first-order valence-corrected chi connectivity index (χ1v) is 12.8. The number of nitrogens with two attached hydrogens (primary N) is 1. The molecule has 0 bridgehead atoms. The lowest BCUT2D eigenvalue weighted by Gasteiger charge is -2.44. The highest BCUT2D eigenvalue weighted by molar-refractivity contribution is 6.42. The van der Waals surface area contributed by atoms with E-state index < -0.39 is 0 Å². The van der Waals surface area contributed by atoms with Gasteiger partial charge in [0.15, 0.2) is 0 Å². The zero-order valence-electron chi connectivity index (χ0n) is 19.2. The van der Waals surface area contributed by atoms with Gasteiger partial charge in [0.1, 0.15) is 0 Å². The van der Waals surface area contributed by atoms with Crippen molar-refractivity contribution in [2.75, 3.05) is 26.2 Å². The molecule has 178 valence electrons. The molecule has 3 heterocycles. The molecule has 0 radical (unpaired) electrons. The van der Waals surface area contributed by atoms with Crippen LogP contribution in [0.5, 0.6) is 0 Å². The number of hydrogen-bond acceptors (Lipinski definition) is 4. The van der Waals surface area contributed by atoms with E-state index in [-0.39, 0.29) is 11.9 Å². The standard InChI is InChI=1S/C27H30Cl2N4O/c28-23-5-3-18(15-24(23)29)14-19-7-11-33(17-25(19)30)22-8-12-32(13-9-22)27(34)21-4-6-26-20(16-21)2-1-10-31-26/h1-6,10,15-16,19,22,25H,7-9,11-14,17,30H2/t19?,25-/m1/s1. The van der Waals surface area contributed by atoms with Crippen LogP contribution in [0.15, 0.2) is 54.7 Å². The van der Waals surface area contributed by atoms with Crippen molar-refractivity contribution in [1.82, 2.24) is 14.8 Å². The summed E-state index contributed by atoms with van der Waals surface area (Å²) in [6, 6.07) is 16.2. The molecule has 5 nitrogen and oxygen atoms in total.